The highest BCUT2D eigenvalue weighted by Gasteiger charge is 2.20. The van der Waals surface area contributed by atoms with Crippen LogP contribution >= 0.6 is 0 Å². The largest absolute Gasteiger partial charge is 0.368 e. The summed E-state index contributed by atoms with van der Waals surface area (Å²) in [5.74, 6) is 1.22. The lowest BCUT2D eigenvalue weighted by Crippen LogP contribution is -2.08. The molecule has 0 saturated carbocycles. The van der Waals surface area contributed by atoms with Gasteiger partial charge in [-0.25, -0.2) is 9.38 Å². The zero-order valence-corrected chi connectivity index (χ0v) is 17.9. The molecule has 2 N–H and O–H groups in total. The van der Waals surface area contributed by atoms with Crippen molar-refractivity contribution in [1.29, 1.82) is 0 Å². The van der Waals surface area contributed by atoms with Gasteiger partial charge in [-0.15, -0.1) is 10.2 Å². The summed E-state index contributed by atoms with van der Waals surface area (Å²) in [5, 5.41) is 8.67. The lowest BCUT2D eigenvalue weighted by Gasteiger charge is -2.15. The number of pyridine rings is 1. The summed E-state index contributed by atoms with van der Waals surface area (Å²) in [7, 11) is 0. The smallest absolute Gasteiger partial charge is 0.227 e. The number of fused-ring (bicyclic) bond motifs is 1. The fraction of sp³-hybridized carbons (Fsp3) is 0.154. The van der Waals surface area contributed by atoms with Crippen LogP contribution in [-0.2, 0) is 12.8 Å². The quantitative estimate of drug-likeness (QED) is 0.422. The summed E-state index contributed by atoms with van der Waals surface area (Å²) in [6.45, 7) is 2.08. The number of benzene rings is 2. The second-order valence-electron chi connectivity index (χ2n) is 7.91. The number of nitrogens with zero attached hydrogens (tertiary/aromatic N) is 5. The van der Waals surface area contributed by atoms with Crippen molar-refractivity contribution in [3.8, 4) is 22.4 Å². The van der Waals surface area contributed by atoms with Gasteiger partial charge in [0.2, 0.25) is 5.95 Å². The summed E-state index contributed by atoms with van der Waals surface area (Å²) in [6, 6.07) is 22.8. The molecule has 3 heterocycles. The van der Waals surface area contributed by atoms with Gasteiger partial charge in [-0.2, -0.15) is 0 Å². The molecule has 0 aliphatic heterocycles. The van der Waals surface area contributed by atoms with Gasteiger partial charge in [0.15, 0.2) is 5.65 Å². The van der Waals surface area contributed by atoms with E-state index in [1.54, 1.807) is 12.4 Å². The fourth-order valence-corrected chi connectivity index (χ4v) is 4.10. The lowest BCUT2D eigenvalue weighted by molar-refractivity contribution is 0.759. The first-order valence-electron chi connectivity index (χ1n) is 10.8. The third-order valence-corrected chi connectivity index (χ3v) is 5.62. The van der Waals surface area contributed by atoms with Crippen molar-refractivity contribution >= 4 is 11.6 Å². The molecular weight excluding hydrogens is 396 g/mol. The van der Waals surface area contributed by atoms with Gasteiger partial charge in [0.25, 0.3) is 0 Å². The van der Waals surface area contributed by atoms with Crippen LogP contribution in [0.2, 0.25) is 0 Å². The van der Waals surface area contributed by atoms with E-state index in [2.05, 4.69) is 64.6 Å². The van der Waals surface area contributed by atoms with E-state index in [0.29, 0.717) is 5.95 Å². The Kier molecular flexibility index (Phi) is 5.34. The van der Waals surface area contributed by atoms with Crippen LogP contribution in [-0.4, -0.2) is 24.6 Å². The van der Waals surface area contributed by atoms with Crippen molar-refractivity contribution < 1.29 is 0 Å². The third kappa shape index (κ3) is 3.83. The number of hydrogen-bond donors (Lipinski definition) is 1. The normalized spacial score (nSPS) is 11.2. The van der Waals surface area contributed by atoms with Crippen LogP contribution < -0.4 is 5.73 Å². The van der Waals surface area contributed by atoms with E-state index >= 15 is 0 Å². The first-order valence-corrected chi connectivity index (χ1v) is 10.8. The molecule has 0 bridgehead atoms. The van der Waals surface area contributed by atoms with Gasteiger partial charge in [-0.1, -0.05) is 60.2 Å². The SMILES string of the molecule is Cc1cccc(-c2c(-c3ccncc3)nc(CCCc3ccccc3)n3c(N)nnc23)c1. The Morgan fingerprint density at radius 3 is 2.44 bits per heavy atom. The van der Waals surface area contributed by atoms with Crippen molar-refractivity contribution in [2.75, 3.05) is 5.73 Å². The van der Waals surface area contributed by atoms with Crippen molar-refractivity contribution in [3.63, 3.8) is 0 Å². The molecule has 0 saturated heterocycles. The molecule has 6 nitrogen and oxygen atoms in total. The topological polar surface area (TPSA) is 82.0 Å². The van der Waals surface area contributed by atoms with E-state index in [0.717, 1.165) is 53.1 Å². The van der Waals surface area contributed by atoms with Crippen LogP contribution in [0.5, 0.6) is 0 Å². The fourth-order valence-electron chi connectivity index (χ4n) is 4.10. The first-order chi connectivity index (χ1) is 15.7. The van der Waals surface area contributed by atoms with Crippen LogP contribution in [0.15, 0.2) is 79.1 Å². The maximum atomic E-state index is 6.26. The van der Waals surface area contributed by atoms with E-state index in [-0.39, 0.29) is 0 Å². The number of aromatic nitrogens is 5. The Morgan fingerprint density at radius 1 is 0.844 bits per heavy atom. The Balaban J connectivity index is 1.65. The van der Waals surface area contributed by atoms with Crippen LogP contribution in [0.4, 0.5) is 5.95 Å². The van der Waals surface area contributed by atoms with Crippen LogP contribution in [0.25, 0.3) is 28.0 Å². The summed E-state index contributed by atoms with van der Waals surface area (Å²) in [5.41, 5.74) is 13.3. The molecular formula is C26H24N6. The Hall–Kier alpha value is -4.06. The van der Waals surface area contributed by atoms with Crippen LogP contribution in [0, 0.1) is 6.92 Å². The molecule has 32 heavy (non-hydrogen) atoms. The van der Waals surface area contributed by atoms with Crippen molar-refractivity contribution in [2.24, 2.45) is 0 Å². The summed E-state index contributed by atoms with van der Waals surface area (Å²) in [6.07, 6.45) is 6.25. The Morgan fingerprint density at radius 2 is 1.66 bits per heavy atom. The predicted octanol–water partition coefficient (Wildman–Crippen LogP) is 4.92. The van der Waals surface area contributed by atoms with E-state index in [1.807, 2.05) is 28.7 Å². The Bertz CT molecular complexity index is 1360. The summed E-state index contributed by atoms with van der Waals surface area (Å²) >= 11 is 0. The molecule has 3 aromatic heterocycles. The van der Waals surface area contributed by atoms with Crippen LogP contribution in [0.3, 0.4) is 0 Å². The van der Waals surface area contributed by atoms with E-state index in [1.165, 1.54) is 11.1 Å². The van der Waals surface area contributed by atoms with Crippen molar-refractivity contribution in [3.05, 3.63) is 96.1 Å². The number of hydrogen-bond acceptors (Lipinski definition) is 5. The molecule has 0 unspecified atom stereocenters. The average molecular weight is 421 g/mol. The molecule has 0 amide bonds. The zero-order chi connectivity index (χ0) is 21.9. The van der Waals surface area contributed by atoms with Gasteiger partial charge in [-0.05, 0) is 43.0 Å². The van der Waals surface area contributed by atoms with E-state index in [9.17, 15) is 0 Å². The monoisotopic (exact) mass is 420 g/mol. The number of aryl methyl sites for hydroxylation is 3. The standard InChI is InChI=1S/C26H24N6/c1-18-7-5-11-21(17-18)23-24(20-13-15-28-16-14-20)29-22(32-25(23)30-31-26(32)27)12-6-10-19-8-3-2-4-9-19/h2-5,7-9,11,13-17H,6,10,12H2,1H3,(H2,27,31). The molecule has 0 aliphatic carbocycles. The number of nitrogen functional groups attached to an aromatic ring is 1. The van der Waals surface area contributed by atoms with Gasteiger partial charge in [0.1, 0.15) is 5.82 Å². The van der Waals surface area contributed by atoms with Gasteiger partial charge in [-0.3, -0.25) is 4.98 Å². The van der Waals surface area contributed by atoms with Crippen molar-refractivity contribution in [1.82, 2.24) is 24.6 Å². The highest BCUT2D eigenvalue weighted by molar-refractivity contribution is 5.90. The molecule has 0 fully saturated rings. The second kappa shape index (κ2) is 8.59. The maximum absolute atomic E-state index is 6.26. The molecule has 158 valence electrons. The minimum absolute atomic E-state index is 0.359. The lowest BCUT2D eigenvalue weighted by atomic mass is 9.99. The molecule has 0 spiro atoms. The molecule has 0 radical (unpaired) electrons. The minimum Gasteiger partial charge on any atom is -0.368 e. The maximum Gasteiger partial charge on any atom is 0.227 e. The molecule has 5 rings (SSSR count). The average Bonchev–Trinajstić information content (AvgIpc) is 3.21. The number of anilines is 1. The van der Waals surface area contributed by atoms with Crippen molar-refractivity contribution in [2.45, 2.75) is 26.2 Å². The van der Waals surface area contributed by atoms with Crippen LogP contribution in [0.1, 0.15) is 23.4 Å². The molecule has 2 aromatic carbocycles. The number of rotatable bonds is 6. The predicted molar refractivity (Wildman–Crippen MR) is 127 cm³/mol. The van der Waals surface area contributed by atoms with Gasteiger partial charge < -0.3 is 5.73 Å². The summed E-state index contributed by atoms with van der Waals surface area (Å²) < 4.78 is 1.90. The first kappa shape index (κ1) is 19.9. The Labute approximate surface area is 186 Å². The zero-order valence-electron chi connectivity index (χ0n) is 17.9. The van der Waals surface area contributed by atoms with Gasteiger partial charge >= 0.3 is 0 Å². The van der Waals surface area contributed by atoms with E-state index in [4.69, 9.17) is 10.7 Å². The molecule has 0 aliphatic rings. The molecule has 6 heteroatoms. The summed E-state index contributed by atoms with van der Waals surface area (Å²) in [4.78, 5) is 9.30. The van der Waals surface area contributed by atoms with Gasteiger partial charge in [0, 0.05) is 24.4 Å². The molecule has 0 atom stereocenters. The highest BCUT2D eigenvalue weighted by atomic mass is 15.3. The number of nitrogens with two attached hydrogens (primary N) is 1. The second-order valence-corrected chi connectivity index (χ2v) is 7.91. The van der Waals surface area contributed by atoms with E-state index < -0.39 is 0 Å². The molecule has 5 aromatic rings. The third-order valence-electron chi connectivity index (χ3n) is 5.62. The van der Waals surface area contributed by atoms with Gasteiger partial charge in [0.05, 0.1) is 11.3 Å². The minimum atomic E-state index is 0.359. The highest BCUT2D eigenvalue weighted by Crippen LogP contribution is 2.35.